The van der Waals surface area contributed by atoms with Crippen molar-refractivity contribution < 1.29 is 4.79 Å². The molecule has 0 radical (unpaired) electrons. The van der Waals surface area contributed by atoms with E-state index in [0.717, 1.165) is 5.56 Å². The molecule has 0 saturated carbocycles. The predicted molar refractivity (Wildman–Crippen MR) is 78.2 cm³/mol. The van der Waals surface area contributed by atoms with Crippen molar-refractivity contribution in [1.82, 2.24) is 5.32 Å². The summed E-state index contributed by atoms with van der Waals surface area (Å²) in [6, 6.07) is 14.2. The molecule has 0 aliphatic carbocycles. The van der Waals surface area contributed by atoms with E-state index in [2.05, 4.69) is 5.32 Å². The first-order valence-corrected chi connectivity index (χ1v) is 6.36. The van der Waals surface area contributed by atoms with Crippen molar-refractivity contribution in [2.75, 3.05) is 5.73 Å². The van der Waals surface area contributed by atoms with Gasteiger partial charge in [0.15, 0.2) is 0 Å². The Morgan fingerprint density at radius 1 is 1.21 bits per heavy atom. The van der Waals surface area contributed by atoms with Crippen LogP contribution in [0.15, 0.2) is 48.5 Å². The molecule has 0 heterocycles. The van der Waals surface area contributed by atoms with Crippen LogP contribution in [-0.4, -0.2) is 5.91 Å². The fourth-order valence-corrected chi connectivity index (χ4v) is 2.08. The summed E-state index contributed by atoms with van der Waals surface area (Å²) < 4.78 is 0. The van der Waals surface area contributed by atoms with Crippen LogP contribution in [0.2, 0.25) is 5.02 Å². The second-order valence-corrected chi connectivity index (χ2v) is 4.77. The highest BCUT2D eigenvalue weighted by Gasteiger charge is 2.13. The molecule has 2 rings (SSSR count). The molecule has 19 heavy (non-hydrogen) atoms. The number of para-hydroxylation sites is 1. The number of hydrogen-bond donors (Lipinski definition) is 2. The van der Waals surface area contributed by atoms with Gasteiger partial charge in [-0.1, -0.05) is 35.9 Å². The van der Waals surface area contributed by atoms with Crippen molar-refractivity contribution in [3.8, 4) is 0 Å². The fraction of sp³-hybridized carbons (Fsp3) is 0.133. The summed E-state index contributed by atoms with van der Waals surface area (Å²) in [5, 5.41) is 3.44. The van der Waals surface area contributed by atoms with Gasteiger partial charge in [-0.25, -0.2) is 0 Å². The van der Waals surface area contributed by atoms with Gasteiger partial charge < -0.3 is 11.1 Å². The summed E-state index contributed by atoms with van der Waals surface area (Å²) in [4.78, 5) is 12.1. The largest absolute Gasteiger partial charge is 0.398 e. The average molecular weight is 275 g/mol. The number of rotatable bonds is 3. The number of nitrogens with one attached hydrogen (secondary N) is 1. The van der Waals surface area contributed by atoms with E-state index in [9.17, 15) is 4.79 Å². The molecule has 0 spiro atoms. The topological polar surface area (TPSA) is 55.1 Å². The Morgan fingerprint density at radius 3 is 2.63 bits per heavy atom. The molecule has 1 amide bonds. The lowest BCUT2D eigenvalue weighted by Gasteiger charge is -2.16. The standard InChI is InChI=1S/C15H15ClN2O/c1-10(13-7-2-3-8-14(13)17)18-15(19)11-5-4-6-12(16)9-11/h2-10H,17H2,1H3,(H,18,19). The zero-order valence-electron chi connectivity index (χ0n) is 10.6. The van der Waals surface area contributed by atoms with E-state index in [1.165, 1.54) is 0 Å². The zero-order valence-corrected chi connectivity index (χ0v) is 11.3. The van der Waals surface area contributed by atoms with E-state index in [1.54, 1.807) is 24.3 Å². The highest BCUT2D eigenvalue weighted by atomic mass is 35.5. The minimum Gasteiger partial charge on any atom is -0.398 e. The number of anilines is 1. The van der Waals surface area contributed by atoms with Crippen LogP contribution in [-0.2, 0) is 0 Å². The van der Waals surface area contributed by atoms with E-state index < -0.39 is 0 Å². The maximum atomic E-state index is 12.1. The first kappa shape index (κ1) is 13.4. The lowest BCUT2D eigenvalue weighted by molar-refractivity contribution is 0.0940. The summed E-state index contributed by atoms with van der Waals surface area (Å²) in [5.41, 5.74) is 7.99. The van der Waals surface area contributed by atoms with Gasteiger partial charge in [-0.3, -0.25) is 4.79 Å². The summed E-state index contributed by atoms with van der Waals surface area (Å²) in [6.07, 6.45) is 0. The van der Waals surface area contributed by atoms with Crippen molar-refractivity contribution in [1.29, 1.82) is 0 Å². The van der Waals surface area contributed by atoms with Crippen LogP contribution in [0.5, 0.6) is 0 Å². The van der Waals surface area contributed by atoms with Gasteiger partial charge >= 0.3 is 0 Å². The van der Waals surface area contributed by atoms with E-state index in [1.807, 2.05) is 31.2 Å². The number of hydrogen-bond acceptors (Lipinski definition) is 2. The number of nitrogen functional groups attached to an aromatic ring is 1. The first-order valence-electron chi connectivity index (χ1n) is 5.99. The Hall–Kier alpha value is -2.00. The van der Waals surface area contributed by atoms with Gasteiger partial charge in [0.05, 0.1) is 6.04 Å². The van der Waals surface area contributed by atoms with Gasteiger partial charge in [-0.2, -0.15) is 0 Å². The van der Waals surface area contributed by atoms with Crippen LogP contribution in [0, 0.1) is 0 Å². The molecule has 0 aromatic heterocycles. The molecule has 3 nitrogen and oxygen atoms in total. The number of amides is 1. The van der Waals surface area contributed by atoms with Crippen LogP contribution in [0.1, 0.15) is 28.9 Å². The summed E-state index contributed by atoms with van der Waals surface area (Å²) in [7, 11) is 0. The molecule has 1 atom stereocenters. The van der Waals surface area contributed by atoms with Gasteiger partial charge in [0, 0.05) is 16.3 Å². The van der Waals surface area contributed by atoms with Crippen molar-refractivity contribution >= 4 is 23.2 Å². The van der Waals surface area contributed by atoms with E-state index >= 15 is 0 Å². The number of benzene rings is 2. The van der Waals surface area contributed by atoms with Gasteiger partial charge in [0.2, 0.25) is 0 Å². The molecule has 2 aromatic rings. The van der Waals surface area contributed by atoms with E-state index in [-0.39, 0.29) is 11.9 Å². The smallest absolute Gasteiger partial charge is 0.251 e. The van der Waals surface area contributed by atoms with Crippen LogP contribution >= 0.6 is 11.6 Å². The van der Waals surface area contributed by atoms with Crippen LogP contribution in [0.3, 0.4) is 0 Å². The number of carbonyl (C=O) groups excluding carboxylic acids is 1. The summed E-state index contributed by atoms with van der Waals surface area (Å²) >= 11 is 5.87. The maximum absolute atomic E-state index is 12.1. The van der Waals surface area contributed by atoms with Gasteiger partial charge in [-0.05, 0) is 36.8 Å². The Balaban J connectivity index is 2.13. The highest BCUT2D eigenvalue weighted by molar-refractivity contribution is 6.30. The Bertz CT molecular complexity index is 598. The number of carbonyl (C=O) groups is 1. The van der Waals surface area contributed by atoms with Crippen LogP contribution in [0.4, 0.5) is 5.69 Å². The Morgan fingerprint density at radius 2 is 1.95 bits per heavy atom. The second-order valence-electron chi connectivity index (χ2n) is 4.33. The molecule has 2 aromatic carbocycles. The van der Waals surface area contributed by atoms with Crippen molar-refractivity contribution in [2.45, 2.75) is 13.0 Å². The van der Waals surface area contributed by atoms with Crippen molar-refractivity contribution in [3.05, 3.63) is 64.7 Å². The molecule has 4 heteroatoms. The summed E-state index contributed by atoms with van der Waals surface area (Å²) in [6.45, 7) is 1.90. The predicted octanol–water partition coefficient (Wildman–Crippen LogP) is 3.41. The average Bonchev–Trinajstić information content (AvgIpc) is 2.39. The highest BCUT2D eigenvalue weighted by Crippen LogP contribution is 2.20. The van der Waals surface area contributed by atoms with E-state index in [4.69, 9.17) is 17.3 Å². The number of halogens is 1. The molecule has 0 fully saturated rings. The fourth-order valence-electron chi connectivity index (χ4n) is 1.89. The maximum Gasteiger partial charge on any atom is 0.251 e. The molecule has 0 saturated heterocycles. The van der Waals surface area contributed by atoms with Crippen LogP contribution in [0.25, 0.3) is 0 Å². The molecule has 0 aliphatic heterocycles. The minimum atomic E-state index is -0.168. The third-order valence-electron chi connectivity index (χ3n) is 2.90. The Kier molecular flexibility index (Phi) is 4.07. The molecular weight excluding hydrogens is 260 g/mol. The van der Waals surface area contributed by atoms with Crippen molar-refractivity contribution in [2.24, 2.45) is 0 Å². The minimum absolute atomic E-state index is 0.160. The molecule has 3 N–H and O–H groups in total. The molecule has 1 unspecified atom stereocenters. The van der Waals surface area contributed by atoms with Gasteiger partial charge in [-0.15, -0.1) is 0 Å². The Labute approximate surface area is 117 Å². The van der Waals surface area contributed by atoms with Gasteiger partial charge in [0.1, 0.15) is 0 Å². The monoisotopic (exact) mass is 274 g/mol. The zero-order chi connectivity index (χ0) is 13.8. The van der Waals surface area contributed by atoms with Crippen LogP contribution < -0.4 is 11.1 Å². The quantitative estimate of drug-likeness (QED) is 0.843. The normalized spacial score (nSPS) is 11.9. The molecular formula is C15H15ClN2O. The van der Waals surface area contributed by atoms with E-state index in [0.29, 0.717) is 16.3 Å². The first-order chi connectivity index (χ1) is 9.08. The third kappa shape index (κ3) is 3.26. The summed E-state index contributed by atoms with van der Waals surface area (Å²) in [5.74, 6) is -0.168. The number of nitrogens with two attached hydrogens (primary N) is 1. The molecule has 0 bridgehead atoms. The molecule has 98 valence electrons. The lowest BCUT2D eigenvalue weighted by atomic mass is 10.1. The molecule has 0 aliphatic rings. The van der Waals surface area contributed by atoms with Gasteiger partial charge in [0.25, 0.3) is 5.91 Å². The second kappa shape index (κ2) is 5.76. The SMILES string of the molecule is CC(NC(=O)c1cccc(Cl)c1)c1ccccc1N. The third-order valence-corrected chi connectivity index (χ3v) is 3.13. The lowest BCUT2D eigenvalue weighted by Crippen LogP contribution is -2.27. The van der Waals surface area contributed by atoms with Crippen molar-refractivity contribution in [3.63, 3.8) is 0 Å².